The second kappa shape index (κ2) is 6.22. The zero-order chi connectivity index (χ0) is 15.7. The van der Waals surface area contributed by atoms with Crippen LogP contribution in [0.3, 0.4) is 0 Å². The van der Waals surface area contributed by atoms with Gasteiger partial charge in [0.15, 0.2) is 5.13 Å². The quantitative estimate of drug-likeness (QED) is 0.872. The maximum atomic E-state index is 12.8. The van der Waals surface area contributed by atoms with E-state index in [9.17, 15) is 4.79 Å². The summed E-state index contributed by atoms with van der Waals surface area (Å²) in [7, 11) is 0. The lowest BCUT2D eigenvalue weighted by molar-refractivity contribution is 0.0642. The van der Waals surface area contributed by atoms with Gasteiger partial charge in [-0.1, -0.05) is 6.92 Å². The van der Waals surface area contributed by atoms with Crippen LogP contribution in [-0.4, -0.2) is 58.0 Å². The smallest absolute Gasteiger partial charge is 0.255 e. The second-order valence-electron chi connectivity index (χ2n) is 5.66. The Kier molecular flexibility index (Phi) is 4.31. The van der Waals surface area contributed by atoms with E-state index in [2.05, 4.69) is 21.4 Å². The van der Waals surface area contributed by atoms with Crippen molar-refractivity contribution in [3.8, 4) is 5.13 Å². The highest BCUT2D eigenvalue weighted by atomic mass is 32.1. The van der Waals surface area contributed by atoms with Crippen LogP contribution in [0.4, 0.5) is 0 Å². The van der Waals surface area contributed by atoms with Gasteiger partial charge in [-0.2, -0.15) is 0 Å². The average molecular weight is 318 g/mol. The van der Waals surface area contributed by atoms with Crippen molar-refractivity contribution in [3.63, 3.8) is 0 Å². The van der Waals surface area contributed by atoms with E-state index < -0.39 is 0 Å². The van der Waals surface area contributed by atoms with Crippen LogP contribution in [-0.2, 0) is 0 Å². The van der Waals surface area contributed by atoms with Crippen LogP contribution in [0.25, 0.3) is 5.13 Å². The van der Waals surface area contributed by atoms with Gasteiger partial charge in [-0.05, 0) is 26.5 Å². The van der Waals surface area contributed by atoms with Crippen molar-refractivity contribution >= 4 is 17.2 Å². The monoisotopic (exact) mass is 318 g/mol. The number of rotatable bonds is 3. The summed E-state index contributed by atoms with van der Waals surface area (Å²) in [6, 6.07) is 1.99. The van der Waals surface area contributed by atoms with E-state index in [1.807, 2.05) is 30.2 Å². The number of aromatic nitrogens is 2. The summed E-state index contributed by atoms with van der Waals surface area (Å²) in [5.74, 6) is 0.145. The van der Waals surface area contributed by atoms with Crippen molar-refractivity contribution in [2.24, 2.45) is 0 Å². The van der Waals surface area contributed by atoms with E-state index >= 15 is 0 Å². The van der Waals surface area contributed by atoms with Crippen molar-refractivity contribution < 1.29 is 4.79 Å². The zero-order valence-electron chi connectivity index (χ0n) is 13.4. The molecule has 1 fully saturated rings. The summed E-state index contributed by atoms with van der Waals surface area (Å²) in [6.07, 6.45) is 1.80. The summed E-state index contributed by atoms with van der Waals surface area (Å²) >= 11 is 1.59. The first-order valence-corrected chi connectivity index (χ1v) is 8.60. The Balaban J connectivity index is 1.84. The highest BCUT2D eigenvalue weighted by Crippen LogP contribution is 2.23. The summed E-state index contributed by atoms with van der Waals surface area (Å²) in [6.45, 7) is 10.8. The van der Waals surface area contributed by atoms with E-state index in [1.165, 1.54) is 0 Å². The molecule has 2 aromatic heterocycles. The van der Waals surface area contributed by atoms with E-state index in [0.717, 1.165) is 54.8 Å². The largest absolute Gasteiger partial charge is 0.336 e. The first-order chi connectivity index (χ1) is 10.6. The van der Waals surface area contributed by atoms with Gasteiger partial charge in [-0.15, -0.1) is 11.3 Å². The Labute approximate surface area is 135 Å². The van der Waals surface area contributed by atoms with Gasteiger partial charge in [0.25, 0.3) is 5.91 Å². The minimum atomic E-state index is 0.145. The standard InChI is InChI=1S/C16H22N4OS/c1-4-18-6-8-19(9-7-18)15(21)14-11-12(2)20(13(14)3)16-17-5-10-22-16/h5,10-11H,4,6-9H2,1-3H3. The number of amides is 1. The Morgan fingerprint density at radius 2 is 2.00 bits per heavy atom. The predicted octanol–water partition coefficient (Wildman–Crippen LogP) is 2.33. The number of hydrogen-bond acceptors (Lipinski definition) is 4. The van der Waals surface area contributed by atoms with Crippen molar-refractivity contribution in [2.75, 3.05) is 32.7 Å². The molecule has 22 heavy (non-hydrogen) atoms. The molecule has 1 saturated heterocycles. The average Bonchev–Trinajstić information content (AvgIpc) is 3.14. The van der Waals surface area contributed by atoms with E-state index in [0.29, 0.717) is 0 Å². The van der Waals surface area contributed by atoms with Gasteiger partial charge in [-0.3, -0.25) is 9.36 Å². The van der Waals surface area contributed by atoms with Crippen molar-refractivity contribution in [1.29, 1.82) is 0 Å². The fourth-order valence-corrected chi connectivity index (χ4v) is 3.79. The Morgan fingerprint density at radius 3 is 2.59 bits per heavy atom. The molecule has 5 nitrogen and oxygen atoms in total. The number of nitrogens with zero attached hydrogens (tertiary/aromatic N) is 4. The highest BCUT2D eigenvalue weighted by Gasteiger charge is 2.25. The SMILES string of the molecule is CCN1CCN(C(=O)c2cc(C)n(-c3nccs3)c2C)CC1. The topological polar surface area (TPSA) is 41.4 Å². The molecule has 2 aromatic rings. The first-order valence-electron chi connectivity index (χ1n) is 7.72. The molecule has 1 aliphatic heterocycles. The molecule has 118 valence electrons. The molecule has 1 amide bonds. The molecule has 0 radical (unpaired) electrons. The van der Waals surface area contributed by atoms with Crippen molar-refractivity contribution in [2.45, 2.75) is 20.8 Å². The third-order valence-electron chi connectivity index (χ3n) is 4.38. The summed E-state index contributed by atoms with van der Waals surface area (Å²) in [5.41, 5.74) is 2.84. The Bertz CT molecular complexity index is 654. The van der Waals surface area contributed by atoms with Gasteiger partial charge in [0.2, 0.25) is 0 Å². The van der Waals surface area contributed by atoms with Crippen LogP contribution >= 0.6 is 11.3 Å². The van der Waals surface area contributed by atoms with Gasteiger partial charge in [-0.25, -0.2) is 4.98 Å². The van der Waals surface area contributed by atoms with Crippen LogP contribution in [0.5, 0.6) is 0 Å². The summed E-state index contributed by atoms with van der Waals surface area (Å²) < 4.78 is 2.07. The first kappa shape index (κ1) is 15.2. The minimum Gasteiger partial charge on any atom is -0.336 e. The lowest BCUT2D eigenvalue weighted by Crippen LogP contribution is -2.48. The minimum absolute atomic E-state index is 0.145. The van der Waals surface area contributed by atoms with Gasteiger partial charge < -0.3 is 9.80 Å². The lowest BCUT2D eigenvalue weighted by atomic mass is 10.2. The lowest BCUT2D eigenvalue weighted by Gasteiger charge is -2.34. The highest BCUT2D eigenvalue weighted by molar-refractivity contribution is 7.12. The number of aryl methyl sites for hydroxylation is 1. The number of hydrogen-bond donors (Lipinski definition) is 0. The molecule has 0 aliphatic carbocycles. The summed E-state index contributed by atoms with van der Waals surface area (Å²) in [5, 5.41) is 2.88. The molecule has 0 spiro atoms. The molecule has 0 unspecified atom stereocenters. The molecule has 3 rings (SSSR count). The van der Waals surface area contributed by atoms with Gasteiger partial charge in [0.05, 0.1) is 5.56 Å². The van der Waals surface area contributed by atoms with E-state index in [4.69, 9.17) is 0 Å². The molecule has 0 atom stereocenters. The second-order valence-corrected chi connectivity index (χ2v) is 6.53. The number of piperazine rings is 1. The van der Waals surface area contributed by atoms with Gasteiger partial charge in [0, 0.05) is 49.1 Å². The van der Waals surface area contributed by atoms with E-state index in [1.54, 1.807) is 17.5 Å². The van der Waals surface area contributed by atoms with Crippen LogP contribution < -0.4 is 0 Å². The maximum absolute atomic E-state index is 12.8. The molecular formula is C16H22N4OS. The normalized spacial score (nSPS) is 16.2. The van der Waals surface area contributed by atoms with Gasteiger partial charge in [0.1, 0.15) is 0 Å². The van der Waals surface area contributed by atoms with E-state index in [-0.39, 0.29) is 5.91 Å². The van der Waals surface area contributed by atoms with Crippen molar-refractivity contribution in [1.82, 2.24) is 19.4 Å². The Hall–Kier alpha value is -1.66. The van der Waals surface area contributed by atoms with Crippen molar-refractivity contribution in [3.05, 3.63) is 34.6 Å². The number of thiazole rings is 1. The molecule has 0 saturated carbocycles. The predicted molar refractivity (Wildman–Crippen MR) is 88.9 cm³/mol. The van der Waals surface area contributed by atoms with Crippen LogP contribution in [0, 0.1) is 13.8 Å². The third-order valence-corrected chi connectivity index (χ3v) is 5.14. The maximum Gasteiger partial charge on any atom is 0.255 e. The molecule has 3 heterocycles. The van der Waals surface area contributed by atoms with Crippen LogP contribution in [0.15, 0.2) is 17.6 Å². The third kappa shape index (κ3) is 2.68. The fourth-order valence-electron chi connectivity index (χ4n) is 3.04. The molecular weight excluding hydrogens is 296 g/mol. The molecule has 0 N–H and O–H groups in total. The van der Waals surface area contributed by atoms with Crippen LogP contribution in [0.1, 0.15) is 28.7 Å². The number of likely N-dealkylation sites (N-methyl/N-ethyl adjacent to an activating group) is 1. The number of carbonyl (C=O) groups excluding carboxylic acids is 1. The zero-order valence-corrected chi connectivity index (χ0v) is 14.2. The fraction of sp³-hybridized carbons (Fsp3) is 0.500. The molecule has 0 aromatic carbocycles. The van der Waals surface area contributed by atoms with Gasteiger partial charge >= 0.3 is 0 Å². The Morgan fingerprint density at radius 1 is 1.27 bits per heavy atom. The van der Waals surface area contributed by atoms with Crippen LogP contribution in [0.2, 0.25) is 0 Å². The molecule has 6 heteroatoms. The molecule has 0 bridgehead atoms. The molecule has 1 aliphatic rings. The summed E-state index contributed by atoms with van der Waals surface area (Å²) in [4.78, 5) is 21.5. The number of carbonyl (C=O) groups is 1.